The zero-order valence-electron chi connectivity index (χ0n) is 11.8. The van der Waals surface area contributed by atoms with E-state index in [9.17, 15) is 4.79 Å². The zero-order chi connectivity index (χ0) is 13.3. The van der Waals surface area contributed by atoms with E-state index in [4.69, 9.17) is 5.73 Å². The molecule has 1 aromatic carbocycles. The van der Waals surface area contributed by atoms with Crippen molar-refractivity contribution in [2.45, 2.75) is 39.3 Å². The molecule has 0 fully saturated rings. The molecule has 1 heterocycles. The molecule has 1 aliphatic rings. The second-order valence-corrected chi connectivity index (χ2v) is 5.30. The molecule has 3 unspecified atom stereocenters. The van der Waals surface area contributed by atoms with Gasteiger partial charge < -0.3 is 10.6 Å². The number of carbonyl (C=O) groups is 1. The SMILES string of the molecule is CC(N)C(C)C(=O)N1CCc2ccccc2C1C.Cl. The molecule has 0 bridgehead atoms. The van der Waals surface area contributed by atoms with Crippen LogP contribution < -0.4 is 5.73 Å². The second kappa shape index (κ2) is 6.40. The predicted octanol–water partition coefficient (Wildman–Crippen LogP) is 2.54. The van der Waals surface area contributed by atoms with Gasteiger partial charge in [-0.05, 0) is 31.4 Å². The monoisotopic (exact) mass is 282 g/mol. The molecule has 2 rings (SSSR count). The van der Waals surface area contributed by atoms with Crippen LogP contribution >= 0.6 is 12.4 Å². The van der Waals surface area contributed by atoms with Gasteiger partial charge in [0.05, 0.1) is 12.0 Å². The Morgan fingerprint density at radius 2 is 2.00 bits per heavy atom. The molecule has 0 saturated heterocycles. The molecule has 1 aliphatic heterocycles. The molecular weight excluding hydrogens is 260 g/mol. The fraction of sp³-hybridized carbons (Fsp3) is 0.533. The minimum Gasteiger partial charge on any atom is -0.335 e. The number of benzene rings is 1. The third kappa shape index (κ3) is 3.10. The molecule has 1 aromatic rings. The van der Waals surface area contributed by atoms with Crippen molar-refractivity contribution in [3.63, 3.8) is 0 Å². The summed E-state index contributed by atoms with van der Waals surface area (Å²) in [6.45, 7) is 6.71. The highest BCUT2D eigenvalue weighted by atomic mass is 35.5. The third-order valence-electron chi connectivity index (χ3n) is 4.06. The Labute approximate surface area is 121 Å². The summed E-state index contributed by atoms with van der Waals surface area (Å²) >= 11 is 0. The molecule has 0 aliphatic carbocycles. The Morgan fingerprint density at radius 3 is 2.63 bits per heavy atom. The van der Waals surface area contributed by atoms with Crippen molar-refractivity contribution in [3.05, 3.63) is 35.4 Å². The zero-order valence-corrected chi connectivity index (χ0v) is 12.6. The number of rotatable bonds is 2. The van der Waals surface area contributed by atoms with Crippen molar-refractivity contribution in [2.75, 3.05) is 6.54 Å². The second-order valence-electron chi connectivity index (χ2n) is 5.30. The molecule has 19 heavy (non-hydrogen) atoms. The molecule has 0 radical (unpaired) electrons. The molecule has 3 atom stereocenters. The Morgan fingerprint density at radius 1 is 1.37 bits per heavy atom. The normalized spacial score (nSPS) is 21.1. The lowest BCUT2D eigenvalue weighted by Crippen LogP contribution is -2.45. The summed E-state index contributed by atoms with van der Waals surface area (Å²) in [6.07, 6.45) is 0.942. The van der Waals surface area contributed by atoms with E-state index in [0.717, 1.165) is 13.0 Å². The summed E-state index contributed by atoms with van der Waals surface area (Å²) < 4.78 is 0. The van der Waals surface area contributed by atoms with Crippen molar-refractivity contribution >= 4 is 18.3 Å². The Hall–Kier alpha value is -1.06. The maximum atomic E-state index is 12.4. The summed E-state index contributed by atoms with van der Waals surface area (Å²) in [4.78, 5) is 14.4. The summed E-state index contributed by atoms with van der Waals surface area (Å²) in [5.74, 6) is 0.0599. The van der Waals surface area contributed by atoms with Crippen LogP contribution in [0.15, 0.2) is 24.3 Å². The summed E-state index contributed by atoms with van der Waals surface area (Å²) in [5, 5.41) is 0. The molecule has 0 saturated carbocycles. The van der Waals surface area contributed by atoms with Crippen LogP contribution in [0.25, 0.3) is 0 Å². The number of hydrogen-bond acceptors (Lipinski definition) is 2. The predicted molar refractivity (Wildman–Crippen MR) is 80.3 cm³/mol. The quantitative estimate of drug-likeness (QED) is 0.906. The van der Waals surface area contributed by atoms with E-state index in [1.54, 1.807) is 0 Å². The molecule has 106 valence electrons. The van der Waals surface area contributed by atoms with Crippen LogP contribution in [-0.4, -0.2) is 23.4 Å². The highest BCUT2D eigenvalue weighted by Gasteiger charge is 2.30. The van der Waals surface area contributed by atoms with Crippen molar-refractivity contribution < 1.29 is 4.79 Å². The Balaban J connectivity index is 0.00000180. The number of nitrogens with zero attached hydrogens (tertiary/aromatic N) is 1. The first kappa shape index (κ1) is 16.0. The first-order chi connectivity index (χ1) is 8.52. The fourth-order valence-corrected chi connectivity index (χ4v) is 2.56. The van der Waals surface area contributed by atoms with Gasteiger partial charge in [-0.3, -0.25) is 4.79 Å². The summed E-state index contributed by atoms with van der Waals surface area (Å²) in [7, 11) is 0. The number of carbonyl (C=O) groups excluding carboxylic acids is 1. The van der Waals surface area contributed by atoms with Gasteiger partial charge in [0.2, 0.25) is 5.91 Å². The van der Waals surface area contributed by atoms with Gasteiger partial charge in [0.15, 0.2) is 0 Å². The highest BCUT2D eigenvalue weighted by molar-refractivity contribution is 5.85. The van der Waals surface area contributed by atoms with Gasteiger partial charge in [0.25, 0.3) is 0 Å². The van der Waals surface area contributed by atoms with Crippen molar-refractivity contribution in [1.82, 2.24) is 4.90 Å². The van der Waals surface area contributed by atoms with Gasteiger partial charge in [0.1, 0.15) is 0 Å². The van der Waals surface area contributed by atoms with Crippen molar-refractivity contribution in [1.29, 1.82) is 0 Å². The van der Waals surface area contributed by atoms with Crippen LogP contribution in [0.3, 0.4) is 0 Å². The molecule has 2 N–H and O–H groups in total. The molecule has 0 aromatic heterocycles. The van der Waals surface area contributed by atoms with Crippen LogP contribution in [0, 0.1) is 5.92 Å². The van der Waals surface area contributed by atoms with Gasteiger partial charge in [-0.25, -0.2) is 0 Å². The van der Waals surface area contributed by atoms with Gasteiger partial charge in [-0.2, -0.15) is 0 Å². The average molecular weight is 283 g/mol. The molecule has 4 heteroatoms. The van der Waals surface area contributed by atoms with Crippen LogP contribution in [0.4, 0.5) is 0 Å². The van der Waals surface area contributed by atoms with E-state index in [0.29, 0.717) is 0 Å². The van der Waals surface area contributed by atoms with Crippen molar-refractivity contribution in [3.8, 4) is 0 Å². The highest BCUT2D eigenvalue weighted by Crippen LogP contribution is 2.30. The maximum absolute atomic E-state index is 12.4. The standard InChI is InChI=1S/C15H22N2O.ClH/c1-10(11(2)16)15(18)17-9-8-13-6-4-5-7-14(13)12(17)3;/h4-7,10-12H,8-9,16H2,1-3H3;1H. The number of amides is 1. The number of hydrogen-bond donors (Lipinski definition) is 1. The molecular formula is C15H23ClN2O. The van der Waals surface area contributed by atoms with E-state index in [1.807, 2.05) is 24.8 Å². The molecule has 3 nitrogen and oxygen atoms in total. The topological polar surface area (TPSA) is 46.3 Å². The van der Waals surface area contributed by atoms with Crippen molar-refractivity contribution in [2.24, 2.45) is 11.7 Å². The number of halogens is 1. The lowest BCUT2D eigenvalue weighted by atomic mass is 9.91. The minimum atomic E-state index is -0.113. The van der Waals surface area contributed by atoms with Crippen LogP contribution in [0.5, 0.6) is 0 Å². The van der Waals surface area contributed by atoms with E-state index >= 15 is 0 Å². The molecule has 1 amide bonds. The van der Waals surface area contributed by atoms with Gasteiger partial charge in [-0.15, -0.1) is 12.4 Å². The Bertz CT molecular complexity index is 448. The third-order valence-corrected chi connectivity index (χ3v) is 4.06. The van der Waals surface area contributed by atoms with Gasteiger partial charge >= 0.3 is 0 Å². The average Bonchev–Trinajstić information content (AvgIpc) is 2.37. The van der Waals surface area contributed by atoms with E-state index in [2.05, 4.69) is 25.1 Å². The van der Waals surface area contributed by atoms with Crippen LogP contribution in [0.2, 0.25) is 0 Å². The van der Waals surface area contributed by atoms with Gasteiger partial charge in [0, 0.05) is 12.6 Å². The Kier molecular flexibility index (Phi) is 5.39. The first-order valence-electron chi connectivity index (χ1n) is 6.66. The van der Waals surface area contributed by atoms with E-state index in [-0.39, 0.29) is 36.3 Å². The number of fused-ring (bicyclic) bond motifs is 1. The van der Waals surface area contributed by atoms with Crippen LogP contribution in [0.1, 0.15) is 37.9 Å². The molecule has 0 spiro atoms. The number of nitrogens with two attached hydrogens (primary N) is 1. The fourth-order valence-electron chi connectivity index (χ4n) is 2.56. The van der Waals surface area contributed by atoms with E-state index in [1.165, 1.54) is 11.1 Å². The smallest absolute Gasteiger partial charge is 0.227 e. The van der Waals surface area contributed by atoms with E-state index < -0.39 is 0 Å². The largest absolute Gasteiger partial charge is 0.335 e. The first-order valence-corrected chi connectivity index (χ1v) is 6.66. The maximum Gasteiger partial charge on any atom is 0.227 e. The lowest BCUT2D eigenvalue weighted by molar-refractivity contribution is -0.138. The van der Waals surface area contributed by atoms with Gasteiger partial charge in [-0.1, -0.05) is 31.2 Å². The lowest BCUT2D eigenvalue weighted by Gasteiger charge is -2.37. The van der Waals surface area contributed by atoms with Crippen LogP contribution in [-0.2, 0) is 11.2 Å². The summed E-state index contributed by atoms with van der Waals surface area (Å²) in [5.41, 5.74) is 8.47. The summed E-state index contributed by atoms with van der Waals surface area (Å²) in [6, 6.07) is 8.44. The minimum absolute atomic E-state index is 0.